The molecule has 1 N–H and O–H groups in total. The number of alkyl halides is 2. The van der Waals surface area contributed by atoms with Crippen molar-refractivity contribution in [3.63, 3.8) is 0 Å². The first-order valence-corrected chi connectivity index (χ1v) is 10.0. The highest BCUT2D eigenvalue weighted by molar-refractivity contribution is 6.31. The number of pyridine rings is 1. The van der Waals surface area contributed by atoms with Crippen molar-refractivity contribution in [2.75, 3.05) is 23.8 Å². The monoisotopic (exact) mass is 462 g/mol. The Hall–Kier alpha value is -3.27. The Bertz CT molecular complexity index is 1140. The van der Waals surface area contributed by atoms with Gasteiger partial charge in [-0.3, -0.25) is 9.78 Å². The molecule has 2 heterocycles. The lowest BCUT2D eigenvalue weighted by molar-refractivity contribution is -0.123. The van der Waals surface area contributed by atoms with E-state index in [2.05, 4.69) is 25.5 Å². The molecule has 0 bridgehead atoms. The van der Waals surface area contributed by atoms with Gasteiger partial charge in [0.05, 0.1) is 16.9 Å². The predicted molar refractivity (Wildman–Crippen MR) is 113 cm³/mol. The van der Waals surface area contributed by atoms with E-state index in [0.29, 0.717) is 22.8 Å². The quantitative estimate of drug-likeness (QED) is 0.532. The van der Waals surface area contributed by atoms with Gasteiger partial charge in [0, 0.05) is 49.3 Å². The summed E-state index contributed by atoms with van der Waals surface area (Å²) in [6.07, 6.45) is 2.61. The number of amides is 1. The Morgan fingerprint density at radius 1 is 1.22 bits per heavy atom. The van der Waals surface area contributed by atoms with Crippen molar-refractivity contribution in [3.05, 3.63) is 59.3 Å². The zero-order valence-electron chi connectivity index (χ0n) is 16.9. The van der Waals surface area contributed by atoms with Gasteiger partial charge in [0.25, 0.3) is 0 Å². The second kappa shape index (κ2) is 8.34. The lowest BCUT2D eigenvalue weighted by atomic mass is 9.63. The minimum Gasteiger partial charge on any atom is -0.352 e. The summed E-state index contributed by atoms with van der Waals surface area (Å²) in [5.41, 5.74) is 0.178. The van der Waals surface area contributed by atoms with E-state index >= 15 is 0 Å². The van der Waals surface area contributed by atoms with Gasteiger partial charge in [0.1, 0.15) is 11.5 Å². The standard InChI is InChI=1S/C21H18ClF3N6O/c1-31(12-32)13-4-5-16(23)14(7-13)17-8-27-19(30-29-17)28-11-20(9-21(24,25)10-20)18-15(22)3-2-6-26-18/h2-8,12H,9-11H2,1H3,(H,27,28,30). The molecule has 2 aromatic heterocycles. The Morgan fingerprint density at radius 3 is 2.62 bits per heavy atom. The van der Waals surface area contributed by atoms with Gasteiger partial charge < -0.3 is 10.2 Å². The van der Waals surface area contributed by atoms with Crippen LogP contribution in [0.3, 0.4) is 0 Å². The molecule has 0 radical (unpaired) electrons. The molecule has 0 aliphatic heterocycles. The van der Waals surface area contributed by atoms with E-state index < -0.39 is 30.0 Å². The number of rotatable bonds is 7. The van der Waals surface area contributed by atoms with Crippen LogP contribution < -0.4 is 10.2 Å². The first-order chi connectivity index (χ1) is 15.2. The average molecular weight is 463 g/mol. The number of hydrogen-bond acceptors (Lipinski definition) is 6. The molecule has 32 heavy (non-hydrogen) atoms. The Labute approximate surface area is 186 Å². The summed E-state index contributed by atoms with van der Waals surface area (Å²) in [6.45, 7) is 0.0777. The normalized spacial score (nSPS) is 16.2. The summed E-state index contributed by atoms with van der Waals surface area (Å²) in [4.78, 5) is 20.6. The van der Waals surface area contributed by atoms with Gasteiger partial charge in [-0.2, -0.15) is 0 Å². The summed E-state index contributed by atoms with van der Waals surface area (Å²) in [7, 11) is 1.54. The SMILES string of the molecule is CN(C=O)c1ccc(F)c(-c2cnc(NCC3(c4ncccc4Cl)CC(F)(F)C3)nn2)c1. The predicted octanol–water partition coefficient (Wildman–Crippen LogP) is 4.10. The highest BCUT2D eigenvalue weighted by atomic mass is 35.5. The summed E-state index contributed by atoms with van der Waals surface area (Å²) >= 11 is 6.21. The highest BCUT2D eigenvalue weighted by Crippen LogP contribution is 2.54. The van der Waals surface area contributed by atoms with E-state index in [-0.39, 0.29) is 23.8 Å². The third kappa shape index (κ3) is 4.22. The van der Waals surface area contributed by atoms with E-state index in [0.717, 1.165) is 0 Å². The van der Waals surface area contributed by atoms with Gasteiger partial charge in [-0.1, -0.05) is 11.6 Å². The molecule has 0 saturated heterocycles. The van der Waals surface area contributed by atoms with E-state index in [1.54, 1.807) is 12.1 Å². The molecule has 1 aliphatic carbocycles. The largest absolute Gasteiger partial charge is 0.352 e. The van der Waals surface area contributed by atoms with Crippen molar-refractivity contribution in [3.8, 4) is 11.3 Å². The summed E-state index contributed by atoms with van der Waals surface area (Å²) < 4.78 is 41.8. The Morgan fingerprint density at radius 2 is 2.00 bits per heavy atom. The number of carbonyl (C=O) groups is 1. The second-order valence-electron chi connectivity index (χ2n) is 7.72. The molecular formula is C21H18ClF3N6O. The number of halogens is 4. The topological polar surface area (TPSA) is 83.9 Å². The second-order valence-corrected chi connectivity index (χ2v) is 8.13. The lowest BCUT2D eigenvalue weighted by Gasteiger charge is -2.47. The van der Waals surface area contributed by atoms with Crippen molar-refractivity contribution in [1.82, 2.24) is 20.2 Å². The molecule has 1 amide bonds. The van der Waals surface area contributed by atoms with Gasteiger partial charge in [-0.15, -0.1) is 10.2 Å². The van der Waals surface area contributed by atoms with Crippen LogP contribution in [0.4, 0.5) is 24.8 Å². The van der Waals surface area contributed by atoms with Crippen LogP contribution in [-0.4, -0.2) is 46.1 Å². The minimum absolute atomic E-state index is 0.0777. The zero-order chi connectivity index (χ0) is 22.9. The van der Waals surface area contributed by atoms with Crippen LogP contribution in [0.5, 0.6) is 0 Å². The number of anilines is 2. The van der Waals surface area contributed by atoms with Crippen LogP contribution in [-0.2, 0) is 10.2 Å². The minimum atomic E-state index is -2.80. The van der Waals surface area contributed by atoms with Gasteiger partial charge in [-0.05, 0) is 30.3 Å². The number of nitrogens with zero attached hydrogens (tertiary/aromatic N) is 5. The fourth-order valence-electron chi connectivity index (χ4n) is 3.81. The molecule has 1 saturated carbocycles. The number of hydrogen-bond donors (Lipinski definition) is 1. The molecule has 7 nitrogen and oxygen atoms in total. The van der Waals surface area contributed by atoms with E-state index in [4.69, 9.17) is 11.6 Å². The lowest BCUT2D eigenvalue weighted by Crippen LogP contribution is -2.54. The summed E-state index contributed by atoms with van der Waals surface area (Å²) in [5.74, 6) is -3.26. The molecule has 1 fully saturated rings. The van der Waals surface area contributed by atoms with Crippen LogP contribution in [0.1, 0.15) is 18.5 Å². The Kier molecular flexibility index (Phi) is 5.72. The number of nitrogens with one attached hydrogen (secondary N) is 1. The molecule has 0 unspecified atom stereocenters. The summed E-state index contributed by atoms with van der Waals surface area (Å²) in [5, 5.41) is 11.2. The smallest absolute Gasteiger partial charge is 0.250 e. The number of benzene rings is 1. The van der Waals surface area contributed by atoms with E-state index in [1.807, 2.05) is 0 Å². The zero-order valence-corrected chi connectivity index (χ0v) is 17.7. The van der Waals surface area contributed by atoms with Crippen LogP contribution >= 0.6 is 11.6 Å². The van der Waals surface area contributed by atoms with Gasteiger partial charge in [0.15, 0.2) is 0 Å². The first-order valence-electron chi connectivity index (χ1n) is 9.63. The third-order valence-electron chi connectivity index (χ3n) is 5.39. The highest BCUT2D eigenvalue weighted by Gasteiger charge is 2.58. The molecule has 3 aromatic rings. The van der Waals surface area contributed by atoms with Crippen LogP contribution in [0.2, 0.25) is 5.02 Å². The van der Waals surface area contributed by atoms with Crippen molar-refractivity contribution in [2.24, 2.45) is 0 Å². The van der Waals surface area contributed by atoms with Crippen molar-refractivity contribution < 1.29 is 18.0 Å². The molecule has 1 aromatic carbocycles. The molecule has 0 atom stereocenters. The molecule has 0 spiro atoms. The Balaban J connectivity index is 1.53. The third-order valence-corrected chi connectivity index (χ3v) is 5.70. The fourth-order valence-corrected chi connectivity index (χ4v) is 4.13. The molecule has 166 valence electrons. The van der Waals surface area contributed by atoms with Gasteiger partial charge in [0.2, 0.25) is 18.3 Å². The maximum absolute atomic E-state index is 14.3. The molecule has 4 rings (SSSR count). The molecule has 11 heteroatoms. The van der Waals surface area contributed by atoms with E-state index in [9.17, 15) is 18.0 Å². The first kappa shape index (κ1) is 21.9. The summed E-state index contributed by atoms with van der Waals surface area (Å²) in [6, 6.07) is 7.38. The maximum atomic E-state index is 14.3. The van der Waals surface area contributed by atoms with Crippen LogP contribution in [0.25, 0.3) is 11.3 Å². The molecular weight excluding hydrogens is 445 g/mol. The van der Waals surface area contributed by atoms with Crippen molar-refractivity contribution in [2.45, 2.75) is 24.2 Å². The van der Waals surface area contributed by atoms with Crippen molar-refractivity contribution >= 4 is 29.6 Å². The van der Waals surface area contributed by atoms with Gasteiger partial charge in [-0.25, -0.2) is 18.2 Å². The van der Waals surface area contributed by atoms with Gasteiger partial charge >= 0.3 is 0 Å². The number of carbonyl (C=O) groups excluding carboxylic acids is 1. The van der Waals surface area contributed by atoms with Crippen molar-refractivity contribution in [1.29, 1.82) is 0 Å². The van der Waals surface area contributed by atoms with E-state index in [1.165, 1.54) is 42.5 Å². The van der Waals surface area contributed by atoms with Crippen LogP contribution in [0, 0.1) is 5.82 Å². The maximum Gasteiger partial charge on any atom is 0.250 e. The number of aromatic nitrogens is 4. The fraction of sp³-hybridized carbons (Fsp3) is 0.286. The molecule has 1 aliphatic rings. The average Bonchev–Trinajstić information content (AvgIpc) is 2.76. The van der Waals surface area contributed by atoms with Crippen LogP contribution in [0.15, 0.2) is 42.7 Å².